The fourth-order valence-corrected chi connectivity index (χ4v) is 2.12. The molecule has 0 aromatic heterocycles. The Balaban J connectivity index is 0.000000413. The number of hydrogen-bond acceptors (Lipinski definition) is 8. The molecule has 0 saturated heterocycles. The lowest BCUT2D eigenvalue weighted by molar-refractivity contribution is -0.133. The van der Waals surface area contributed by atoms with E-state index in [2.05, 4.69) is 15.6 Å². The van der Waals surface area contributed by atoms with Crippen LogP contribution >= 0.6 is 0 Å². The molecule has 0 amide bonds. The quantitative estimate of drug-likeness (QED) is 0.435. The van der Waals surface area contributed by atoms with Gasteiger partial charge in [-0.1, -0.05) is 25.1 Å². The van der Waals surface area contributed by atoms with Gasteiger partial charge in [-0.25, -0.2) is 4.79 Å². The molecule has 0 radical (unpaired) electrons. The highest BCUT2D eigenvalue weighted by atomic mass is 32.3. The molecular weight excluding hydrogens is 340 g/mol. The summed E-state index contributed by atoms with van der Waals surface area (Å²) in [6.45, 7) is 4.66. The predicted octanol–water partition coefficient (Wildman–Crippen LogP) is 0.634. The summed E-state index contributed by atoms with van der Waals surface area (Å²) >= 11 is 0. The number of hydrogen-bond donors (Lipinski definition) is 4. The zero-order valence-electron chi connectivity index (χ0n) is 13.2. The van der Waals surface area contributed by atoms with Crippen molar-refractivity contribution in [3.05, 3.63) is 41.7 Å². The number of aliphatic carboxylic acids is 1. The molecule has 1 heterocycles. The SMILES string of the molecule is CCC1=C(C(=O)O)NN(c2ccccc2)N1CC.NOS(=O)(=O)O. The minimum Gasteiger partial charge on any atom is -0.476 e. The van der Waals surface area contributed by atoms with E-state index in [0.717, 1.165) is 11.4 Å². The van der Waals surface area contributed by atoms with Crippen LogP contribution in [-0.2, 0) is 19.5 Å². The fourth-order valence-electron chi connectivity index (χ4n) is 2.12. The number of benzene rings is 1. The molecule has 0 fully saturated rings. The minimum absolute atomic E-state index is 0.253. The first-order chi connectivity index (χ1) is 11.2. The van der Waals surface area contributed by atoms with Crippen LogP contribution in [0.2, 0.25) is 0 Å². The van der Waals surface area contributed by atoms with Crippen LogP contribution in [0.3, 0.4) is 0 Å². The maximum Gasteiger partial charge on any atom is 0.413 e. The number of hydrazine groups is 2. The lowest BCUT2D eigenvalue weighted by Gasteiger charge is -2.31. The third-order valence-electron chi connectivity index (χ3n) is 3.03. The second kappa shape index (κ2) is 8.49. The highest BCUT2D eigenvalue weighted by Gasteiger charge is 2.31. The van der Waals surface area contributed by atoms with Gasteiger partial charge in [0.15, 0.2) is 5.70 Å². The molecule has 1 aromatic carbocycles. The Kier molecular flexibility index (Phi) is 6.97. The molecule has 134 valence electrons. The highest BCUT2D eigenvalue weighted by molar-refractivity contribution is 7.80. The van der Waals surface area contributed by atoms with Gasteiger partial charge in [-0.05, 0) is 25.5 Å². The Labute approximate surface area is 140 Å². The van der Waals surface area contributed by atoms with E-state index in [1.54, 1.807) is 5.12 Å². The van der Waals surface area contributed by atoms with Gasteiger partial charge < -0.3 is 5.11 Å². The summed E-state index contributed by atoms with van der Waals surface area (Å²) in [7, 11) is -4.38. The minimum atomic E-state index is -4.38. The van der Waals surface area contributed by atoms with Gasteiger partial charge in [0.25, 0.3) is 0 Å². The summed E-state index contributed by atoms with van der Waals surface area (Å²) < 4.78 is 28.8. The van der Waals surface area contributed by atoms with Gasteiger partial charge in [0.1, 0.15) is 0 Å². The van der Waals surface area contributed by atoms with Crippen LogP contribution in [0.1, 0.15) is 20.3 Å². The Morgan fingerprint density at radius 3 is 2.21 bits per heavy atom. The summed E-state index contributed by atoms with van der Waals surface area (Å²) in [5.41, 5.74) is 4.92. The van der Waals surface area contributed by atoms with Crippen LogP contribution in [0.15, 0.2) is 41.7 Å². The monoisotopic (exact) mass is 360 g/mol. The zero-order valence-corrected chi connectivity index (χ0v) is 14.0. The van der Waals surface area contributed by atoms with Crippen molar-refractivity contribution in [3.63, 3.8) is 0 Å². The van der Waals surface area contributed by atoms with Crippen LogP contribution < -0.4 is 16.4 Å². The summed E-state index contributed by atoms with van der Waals surface area (Å²) in [5, 5.41) is 12.9. The van der Waals surface area contributed by atoms with Crippen LogP contribution in [0.25, 0.3) is 0 Å². The van der Waals surface area contributed by atoms with Crippen molar-refractivity contribution in [2.75, 3.05) is 11.7 Å². The van der Waals surface area contributed by atoms with E-state index in [9.17, 15) is 18.3 Å². The third kappa shape index (κ3) is 5.09. The van der Waals surface area contributed by atoms with Gasteiger partial charge in [0.05, 0.1) is 11.4 Å². The van der Waals surface area contributed by atoms with E-state index < -0.39 is 16.4 Å². The number of nitrogens with two attached hydrogens (primary N) is 1. The van der Waals surface area contributed by atoms with Gasteiger partial charge in [-0.2, -0.15) is 23.7 Å². The predicted molar refractivity (Wildman–Crippen MR) is 86.2 cm³/mol. The van der Waals surface area contributed by atoms with E-state index >= 15 is 0 Å². The molecule has 0 atom stereocenters. The standard InChI is InChI=1S/C13H17N3O2.H3NO4S/c1-3-11-12(13(17)18)14-16(15(11)4-2)10-8-6-5-7-9-10;1-5-6(2,3)4/h5-9,14H,3-4H2,1-2H3,(H,17,18);1H2,(H,2,3,4). The highest BCUT2D eigenvalue weighted by Crippen LogP contribution is 2.26. The van der Waals surface area contributed by atoms with Crippen LogP contribution in [0.5, 0.6) is 0 Å². The molecule has 1 aliphatic heterocycles. The largest absolute Gasteiger partial charge is 0.476 e. The number of carboxylic acid groups (broad SMARTS) is 1. The Hall–Kier alpha value is -2.34. The van der Waals surface area contributed by atoms with Crippen LogP contribution in [-0.4, -0.2) is 35.6 Å². The van der Waals surface area contributed by atoms with Crippen molar-refractivity contribution in [2.24, 2.45) is 5.90 Å². The first kappa shape index (κ1) is 19.7. The molecule has 10 nitrogen and oxygen atoms in total. The molecule has 0 aliphatic carbocycles. The number of nitrogens with zero attached hydrogens (tertiary/aromatic N) is 2. The van der Waals surface area contributed by atoms with Crippen molar-refractivity contribution in [1.82, 2.24) is 10.4 Å². The summed E-state index contributed by atoms with van der Waals surface area (Å²) in [5.74, 6) is 3.04. The number of carbonyl (C=O) groups is 1. The number of rotatable bonds is 5. The maximum atomic E-state index is 11.2. The Morgan fingerprint density at radius 1 is 1.29 bits per heavy atom. The van der Waals surface area contributed by atoms with E-state index in [1.807, 2.05) is 49.2 Å². The van der Waals surface area contributed by atoms with Gasteiger partial charge in [-0.15, -0.1) is 0 Å². The summed E-state index contributed by atoms with van der Waals surface area (Å²) in [6.07, 6.45) is 0.672. The molecule has 0 bridgehead atoms. The van der Waals surface area contributed by atoms with Gasteiger partial charge in [0, 0.05) is 6.54 Å². The molecule has 11 heteroatoms. The zero-order chi connectivity index (χ0) is 18.3. The molecule has 0 spiro atoms. The molecular formula is C13H20N4O6S. The van der Waals surface area contributed by atoms with Crippen molar-refractivity contribution in [2.45, 2.75) is 20.3 Å². The fraction of sp³-hybridized carbons (Fsp3) is 0.308. The van der Waals surface area contributed by atoms with E-state index in [4.69, 9.17) is 4.55 Å². The van der Waals surface area contributed by atoms with Gasteiger partial charge in [0.2, 0.25) is 0 Å². The number of allylic oxidation sites excluding steroid dienone is 1. The average Bonchev–Trinajstić information content (AvgIpc) is 2.94. The number of nitrogens with one attached hydrogen (secondary N) is 1. The molecule has 24 heavy (non-hydrogen) atoms. The Morgan fingerprint density at radius 2 is 1.83 bits per heavy atom. The first-order valence-corrected chi connectivity index (χ1v) is 8.33. The average molecular weight is 360 g/mol. The molecule has 2 rings (SSSR count). The molecule has 0 saturated carbocycles. The Bertz CT molecular complexity index is 692. The molecule has 1 aliphatic rings. The number of para-hydroxylation sites is 1. The third-order valence-corrected chi connectivity index (χ3v) is 3.27. The first-order valence-electron chi connectivity index (χ1n) is 6.96. The van der Waals surface area contributed by atoms with Crippen molar-refractivity contribution in [3.8, 4) is 0 Å². The number of carboxylic acids is 1. The molecule has 5 N–H and O–H groups in total. The maximum absolute atomic E-state index is 11.2. The molecule has 0 unspecified atom stereocenters. The van der Waals surface area contributed by atoms with E-state index in [-0.39, 0.29) is 5.70 Å². The lowest BCUT2D eigenvalue weighted by Crippen LogP contribution is -2.44. The van der Waals surface area contributed by atoms with E-state index in [1.165, 1.54) is 0 Å². The second-order valence-electron chi connectivity index (χ2n) is 4.48. The van der Waals surface area contributed by atoms with Crippen molar-refractivity contribution >= 4 is 22.1 Å². The van der Waals surface area contributed by atoms with Crippen LogP contribution in [0.4, 0.5) is 5.69 Å². The van der Waals surface area contributed by atoms with Crippen molar-refractivity contribution < 1.29 is 27.2 Å². The molecule has 1 aromatic rings. The normalized spacial score (nSPS) is 14.2. The topological polar surface area (TPSA) is 145 Å². The smallest absolute Gasteiger partial charge is 0.413 e. The van der Waals surface area contributed by atoms with Crippen LogP contribution in [0, 0.1) is 0 Å². The second-order valence-corrected chi connectivity index (χ2v) is 5.53. The van der Waals surface area contributed by atoms with Crippen molar-refractivity contribution in [1.29, 1.82) is 0 Å². The lowest BCUT2D eigenvalue weighted by atomic mass is 10.2. The summed E-state index contributed by atoms with van der Waals surface area (Å²) in [6, 6.07) is 9.66. The van der Waals surface area contributed by atoms with Gasteiger partial charge >= 0.3 is 16.4 Å². The van der Waals surface area contributed by atoms with Gasteiger partial charge in [-0.3, -0.25) is 15.0 Å². The number of anilines is 1. The van der Waals surface area contributed by atoms with E-state index in [0.29, 0.717) is 13.0 Å². The summed E-state index contributed by atoms with van der Waals surface area (Å²) in [4.78, 5) is 11.2.